The van der Waals surface area contributed by atoms with E-state index >= 15 is 0 Å². The van der Waals surface area contributed by atoms with E-state index in [1.165, 1.54) is 20.9 Å². The topological polar surface area (TPSA) is 422 Å². The number of nitrogens with zero attached hydrogens (tertiary/aromatic N) is 1. The van der Waals surface area contributed by atoms with E-state index < -0.39 is 169 Å². The van der Waals surface area contributed by atoms with Crippen molar-refractivity contribution in [1.29, 1.82) is 0 Å². The molecule has 0 bridgehead atoms. The fraction of sp³-hybridized carbons (Fsp3) is 0.696. The maximum absolute atomic E-state index is 13.2. The third-order valence-electron chi connectivity index (χ3n) is 13.3. The van der Waals surface area contributed by atoms with Crippen molar-refractivity contribution in [2.75, 3.05) is 33.4 Å². The molecule has 29 nitrogen and oxygen atoms in total. The summed E-state index contributed by atoms with van der Waals surface area (Å²) >= 11 is 0. The number of carboxylic acid groups (broad SMARTS) is 1. The predicted molar refractivity (Wildman–Crippen MR) is 255 cm³/mol. The normalized spacial score (nSPS) is 36.0. The number of hydrogen-bond acceptors (Lipinski definition) is 25. The van der Waals surface area contributed by atoms with Crippen molar-refractivity contribution in [2.45, 2.75) is 163 Å². The second-order valence-electron chi connectivity index (χ2n) is 18.8. The SMILES string of the molecule is CNC1[C@@H](O[C@@H]2C(C(=O)O)O[C@@H](O[C@@H]3C(COS(=O)(=O)O)O[C@H](OCCCCCN(Cc4ccccc4)C(=O)OCc4ccccc4)C(C)[C@H]3O)C(O)[C@H]2O)OC(COS(=O)(=O)O)[C@@H](O[C@@H]2OC(C)[C@@H](O)[C@@H](O)C2O)[C@@H]1O. The van der Waals surface area contributed by atoms with Gasteiger partial charge in [0.2, 0.25) is 0 Å². The molecule has 8 unspecified atom stereocenters. The standard InChI is InChI=1S/C46H68N2O27S2/c1-23-30(49)37(27(21-67-76(59,60)61)70-42(23)65-18-12-6-11-17-48(19-25-13-7-4-8-14-25)46(58)66-20-26-15-9-5-10-16-26)72-45-36(55)34(53)39(40(75-45)41(56)57)74-43-29(47-3)32(51)38(28(71-43)22-68-77(62,63)64)73-44-35(54)33(52)31(50)24(2)69-44/h4-5,7-10,13-16,23-24,27-40,42-45,47,49-55H,6,11-12,17-22H2,1-3H3,(H,56,57)(H,59,60,61)(H,62,63,64)/t23?,24?,27?,28?,29?,30-,31-,32-,33-,34-,35?,36?,37-,38-,39+,40?,42+,43-,44+,45-/m1/s1. The highest BCUT2D eigenvalue weighted by atomic mass is 32.3. The van der Waals surface area contributed by atoms with E-state index in [4.69, 9.17) is 42.6 Å². The van der Waals surface area contributed by atoms with E-state index in [1.807, 2.05) is 60.7 Å². The molecule has 4 aliphatic rings. The first kappa shape index (κ1) is 62.5. The number of unbranched alkanes of at least 4 members (excludes halogenated alkanes) is 2. The summed E-state index contributed by atoms with van der Waals surface area (Å²) in [5.74, 6) is -2.86. The number of amides is 1. The summed E-state index contributed by atoms with van der Waals surface area (Å²) in [4.78, 5) is 27.6. The van der Waals surface area contributed by atoms with Crippen LogP contribution in [0.15, 0.2) is 60.7 Å². The smallest absolute Gasteiger partial charge is 0.410 e. The molecule has 2 aromatic carbocycles. The molecule has 0 saturated carbocycles. The second kappa shape index (κ2) is 28.1. The Morgan fingerprint density at radius 2 is 1.14 bits per heavy atom. The molecule has 4 fully saturated rings. The minimum atomic E-state index is -5.21. The van der Waals surface area contributed by atoms with Crippen LogP contribution in [-0.4, -0.2) is 234 Å². The van der Waals surface area contributed by atoms with Crippen LogP contribution < -0.4 is 5.32 Å². The lowest BCUT2D eigenvalue weighted by atomic mass is 9.91. The first-order valence-corrected chi connectivity index (χ1v) is 27.2. The molecular formula is C46H68N2O27S2. The number of rotatable bonds is 25. The summed E-state index contributed by atoms with van der Waals surface area (Å²) in [6.45, 7) is 1.34. The van der Waals surface area contributed by atoms with E-state index in [0.717, 1.165) is 11.1 Å². The quantitative estimate of drug-likeness (QED) is 0.0363. The minimum Gasteiger partial charge on any atom is -0.479 e. The average Bonchev–Trinajstić information content (AvgIpc) is 3.40. The number of benzene rings is 2. The van der Waals surface area contributed by atoms with Crippen molar-refractivity contribution in [3.63, 3.8) is 0 Å². The number of hydrogen-bond donors (Lipinski definition) is 11. The van der Waals surface area contributed by atoms with Gasteiger partial charge in [-0.25, -0.2) is 18.0 Å². The van der Waals surface area contributed by atoms with Crippen molar-refractivity contribution in [3.05, 3.63) is 71.8 Å². The fourth-order valence-corrected chi connectivity index (χ4v) is 9.63. The van der Waals surface area contributed by atoms with Crippen LogP contribution in [0.3, 0.4) is 0 Å². The number of ether oxygens (including phenoxy) is 9. The molecule has 4 heterocycles. The lowest BCUT2D eigenvalue weighted by Gasteiger charge is -2.49. The van der Waals surface area contributed by atoms with Gasteiger partial charge in [0.05, 0.1) is 31.5 Å². The van der Waals surface area contributed by atoms with Gasteiger partial charge in [-0.05, 0) is 44.4 Å². The monoisotopic (exact) mass is 1140 g/mol. The zero-order valence-electron chi connectivity index (χ0n) is 41.9. The first-order valence-electron chi connectivity index (χ1n) is 24.5. The molecule has 0 spiro atoms. The van der Waals surface area contributed by atoms with Gasteiger partial charge in [0.15, 0.2) is 31.3 Å². The van der Waals surface area contributed by atoms with Gasteiger partial charge in [0.25, 0.3) is 0 Å². The molecule has 31 heteroatoms. The lowest BCUT2D eigenvalue weighted by molar-refractivity contribution is -0.373. The number of likely N-dealkylation sites (N-methyl/N-ethyl adjacent to an activating group) is 1. The summed E-state index contributed by atoms with van der Waals surface area (Å²) in [5, 5.41) is 90.1. The highest BCUT2D eigenvalue weighted by molar-refractivity contribution is 7.81. The van der Waals surface area contributed by atoms with Gasteiger partial charge >= 0.3 is 32.9 Å². The summed E-state index contributed by atoms with van der Waals surface area (Å²) < 4.78 is 126. The summed E-state index contributed by atoms with van der Waals surface area (Å²) in [6, 6.07) is 17.0. The summed E-state index contributed by atoms with van der Waals surface area (Å²) in [5.41, 5.74) is 1.71. The van der Waals surface area contributed by atoms with Crippen molar-refractivity contribution in [3.8, 4) is 0 Å². The maximum Gasteiger partial charge on any atom is 0.410 e. The Balaban J connectivity index is 1.09. The Morgan fingerprint density at radius 1 is 0.610 bits per heavy atom. The number of carbonyl (C=O) groups is 2. The average molecular weight is 1150 g/mol. The van der Waals surface area contributed by atoms with Gasteiger partial charge in [-0.15, -0.1) is 0 Å². The number of aliphatic carboxylic acids is 1. The van der Waals surface area contributed by atoms with Crippen LogP contribution >= 0.6 is 0 Å². The van der Waals surface area contributed by atoms with Crippen LogP contribution in [0.2, 0.25) is 0 Å². The van der Waals surface area contributed by atoms with Crippen LogP contribution in [0.25, 0.3) is 0 Å². The van der Waals surface area contributed by atoms with Gasteiger partial charge < -0.3 is 93.7 Å². The van der Waals surface area contributed by atoms with Crippen LogP contribution in [0.5, 0.6) is 0 Å². The molecule has 20 atom stereocenters. The lowest BCUT2D eigenvalue weighted by Crippen LogP contribution is -2.69. The number of aliphatic hydroxyl groups is 7. The Morgan fingerprint density at radius 3 is 1.71 bits per heavy atom. The van der Waals surface area contributed by atoms with Gasteiger partial charge in [-0.2, -0.15) is 16.8 Å². The van der Waals surface area contributed by atoms with Gasteiger partial charge in [-0.1, -0.05) is 67.6 Å². The van der Waals surface area contributed by atoms with E-state index in [9.17, 15) is 76.4 Å². The summed E-state index contributed by atoms with van der Waals surface area (Å²) in [6.07, 6.45) is -32.3. The highest BCUT2D eigenvalue weighted by Crippen LogP contribution is 2.36. The number of nitrogens with one attached hydrogen (secondary N) is 1. The van der Waals surface area contributed by atoms with Crippen molar-refractivity contribution < 1.29 is 127 Å². The molecule has 4 saturated heterocycles. The van der Waals surface area contributed by atoms with E-state index in [-0.39, 0.29) is 13.2 Å². The molecular weight excluding hydrogens is 1080 g/mol. The van der Waals surface area contributed by atoms with E-state index in [0.29, 0.717) is 32.4 Å². The zero-order valence-corrected chi connectivity index (χ0v) is 43.5. The van der Waals surface area contributed by atoms with E-state index in [1.54, 1.807) is 4.90 Å². The number of carbonyl (C=O) groups excluding carboxylic acids is 1. The number of carboxylic acids is 1. The van der Waals surface area contributed by atoms with Crippen molar-refractivity contribution >= 4 is 32.9 Å². The molecule has 77 heavy (non-hydrogen) atoms. The van der Waals surface area contributed by atoms with Crippen molar-refractivity contribution in [1.82, 2.24) is 10.2 Å². The molecule has 0 aliphatic carbocycles. The van der Waals surface area contributed by atoms with Crippen LogP contribution in [0.4, 0.5) is 4.79 Å². The first-order chi connectivity index (χ1) is 36.4. The fourth-order valence-electron chi connectivity index (χ4n) is 9.02. The summed E-state index contributed by atoms with van der Waals surface area (Å²) in [7, 11) is -9.11. The Hall–Kier alpha value is -3.72. The molecule has 0 aromatic heterocycles. The maximum atomic E-state index is 13.2. The Labute approximate surface area is 443 Å². The Bertz CT molecular complexity index is 2380. The highest BCUT2D eigenvalue weighted by Gasteiger charge is 2.56. The number of aliphatic hydroxyl groups excluding tert-OH is 7. The van der Waals surface area contributed by atoms with Gasteiger partial charge in [-0.3, -0.25) is 9.11 Å². The molecule has 2 aromatic rings. The second-order valence-corrected chi connectivity index (χ2v) is 21.0. The largest absolute Gasteiger partial charge is 0.479 e. The third-order valence-corrected chi connectivity index (χ3v) is 14.1. The molecule has 4 aliphatic heterocycles. The molecule has 0 radical (unpaired) electrons. The molecule has 1 amide bonds. The van der Waals surface area contributed by atoms with E-state index in [2.05, 4.69) is 13.7 Å². The van der Waals surface area contributed by atoms with Crippen LogP contribution in [0, 0.1) is 5.92 Å². The molecule has 11 N–H and O–H groups in total. The minimum absolute atomic E-state index is 0.0270. The predicted octanol–water partition coefficient (Wildman–Crippen LogP) is -2.44. The Kier molecular flexibility index (Phi) is 22.8. The van der Waals surface area contributed by atoms with Crippen LogP contribution in [0.1, 0.15) is 44.2 Å². The van der Waals surface area contributed by atoms with Gasteiger partial charge in [0, 0.05) is 25.6 Å². The van der Waals surface area contributed by atoms with Crippen LogP contribution in [-0.2, 0) is 89.7 Å². The van der Waals surface area contributed by atoms with Gasteiger partial charge in [0.1, 0.15) is 73.8 Å². The molecule has 436 valence electrons. The zero-order chi connectivity index (χ0) is 56.4. The third kappa shape index (κ3) is 17.2. The van der Waals surface area contributed by atoms with Crippen molar-refractivity contribution in [2.24, 2.45) is 5.92 Å². The molecule has 6 rings (SSSR count).